The van der Waals surface area contributed by atoms with Crippen molar-refractivity contribution in [1.29, 1.82) is 0 Å². The second-order valence-corrected chi connectivity index (χ2v) is 8.72. The molecule has 1 heterocycles. The molecule has 0 radical (unpaired) electrons. The molecule has 0 aromatic heterocycles. The fourth-order valence-corrected chi connectivity index (χ4v) is 2.07. The molecular weight excluding hydrogens is 411 g/mol. The summed E-state index contributed by atoms with van der Waals surface area (Å²) in [5.41, 5.74) is 4.47. The van der Waals surface area contributed by atoms with Gasteiger partial charge < -0.3 is 0 Å². The second-order valence-electron chi connectivity index (χ2n) is 4.22. The van der Waals surface area contributed by atoms with Gasteiger partial charge in [-0.15, -0.1) is 0 Å². The topological polar surface area (TPSA) is 27.6 Å². The number of halogens is 6. The predicted molar refractivity (Wildman–Crippen MR) is 96.5 cm³/mol. The molecule has 3 nitrogen and oxygen atoms in total. The summed E-state index contributed by atoms with van der Waals surface area (Å²) < 4.78 is -3.59. The van der Waals surface area contributed by atoms with Crippen LogP contribution >= 0.6 is 69.6 Å². The van der Waals surface area contributed by atoms with E-state index in [4.69, 9.17) is 69.6 Å². The lowest BCUT2D eigenvalue weighted by atomic mass is 10.2. The van der Waals surface area contributed by atoms with E-state index in [1.807, 2.05) is 36.4 Å². The maximum atomic E-state index is 5.86. The molecule has 0 saturated heterocycles. The normalized spacial score (nSPS) is 16.4. The highest BCUT2D eigenvalue weighted by molar-refractivity contribution is 6.77. The number of nitrogens with zero attached hydrogens (tertiary/aromatic N) is 2. The van der Waals surface area contributed by atoms with E-state index < -0.39 is 7.71 Å². The minimum absolute atomic E-state index is 0.121. The molecule has 0 unspecified atom stereocenters. The van der Waals surface area contributed by atoms with E-state index in [9.17, 15) is 0 Å². The van der Waals surface area contributed by atoms with E-state index in [0.29, 0.717) is 5.70 Å². The number of hydrogen-bond acceptors (Lipinski definition) is 3. The van der Waals surface area contributed by atoms with Crippen LogP contribution in [0.25, 0.3) is 6.08 Å². The number of nitrogens with one attached hydrogen (secondary N) is 1. The fraction of sp³-hybridized carbons (Fsp3) is 0.154. The van der Waals surface area contributed by atoms with Crippen molar-refractivity contribution >= 4 is 81.4 Å². The fourth-order valence-electron chi connectivity index (χ4n) is 1.56. The van der Waals surface area contributed by atoms with Crippen LogP contribution in [0, 0.1) is 0 Å². The van der Waals surface area contributed by atoms with Crippen molar-refractivity contribution < 1.29 is 0 Å². The first-order valence-electron chi connectivity index (χ1n) is 5.90. The Morgan fingerprint density at radius 2 is 1.59 bits per heavy atom. The molecular formula is C13H9Cl6N3. The molecule has 1 N–H and O–H groups in total. The van der Waals surface area contributed by atoms with Gasteiger partial charge in [0.2, 0.25) is 3.79 Å². The number of rotatable bonds is 2. The molecule has 1 aromatic rings. The lowest BCUT2D eigenvalue weighted by Crippen LogP contribution is -2.45. The van der Waals surface area contributed by atoms with Crippen molar-refractivity contribution in [3.05, 3.63) is 53.7 Å². The smallest absolute Gasteiger partial charge is 0.278 e. The quantitative estimate of drug-likeness (QED) is 0.509. The molecule has 1 aliphatic rings. The molecule has 22 heavy (non-hydrogen) atoms. The van der Waals surface area contributed by atoms with Crippen LogP contribution in [0.4, 0.5) is 0 Å². The Hall–Kier alpha value is -0.290. The first-order chi connectivity index (χ1) is 10.2. The summed E-state index contributed by atoms with van der Waals surface area (Å²) in [5.74, 6) is 0. The molecule has 9 heteroatoms. The van der Waals surface area contributed by atoms with E-state index in [0.717, 1.165) is 10.7 Å². The maximum Gasteiger partial charge on any atom is 0.301 e. The van der Waals surface area contributed by atoms with Gasteiger partial charge in [-0.25, -0.2) is 0 Å². The number of alkyl halides is 6. The predicted octanol–water partition coefficient (Wildman–Crippen LogP) is 5.46. The Morgan fingerprint density at radius 1 is 0.955 bits per heavy atom. The first-order valence-corrected chi connectivity index (χ1v) is 8.17. The Morgan fingerprint density at radius 3 is 2.14 bits per heavy atom. The number of benzene rings is 1. The van der Waals surface area contributed by atoms with Crippen LogP contribution in [0.15, 0.2) is 53.3 Å². The van der Waals surface area contributed by atoms with Crippen molar-refractivity contribution in [3.8, 4) is 0 Å². The zero-order chi connectivity index (χ0) is 16.4. The Bertz CT molecular complexity index is 613. The third-order valence-electron chi connectivity index (χ3n) is 2.52. The van der Waals surface area contributed by atoms with Crippen LogP contribution < -0.4 is 5.43 Å². The van der Waals surface area contributed by atoms with Crippen molar-refractivity contribution in [2.75, 3.05) is 0 Å². The zero-order valence-corrected chi connectivity index (χ0v) is 15.3. The van der Waals surface area contributed by atoms with Gasteiger partial charge in [0.1, 0.15) is 5.71 Å². The third kappa shape index (κ3) is 5.12. The van der Waals surface area contributed by atoms with Crippen LogP contribution in [-0.2, 0) is 0 Å². The molecule has 0 atom stereocenters. The Labute approximate surface area is 158 Å². The molecule has 0 spiro atoms. The highest BCUT2D eigenvalue weighted by Crippen LogP contribution is 2.35. The molecule has 2 rings (SSSR count). The Kier molecular flexibility index (Phi) is 5.81. The number of hydrogen-bond donors (Lipinski definition) is 1. The number of allylic oxidation sites excluding steroid dienone is 2. The van der Waals surface area contributed by atoms with Gasteiger partial charge in [0.05, 0.1) is 5.70 Å². The van der Waals surface area contributed by atoms with Crippen LogP contribution in [-0.4, -0.2) is 18.5 Å². The molecule has 0 bridgehead atoms. The van der Waals surface area contributed by atoms with Crippen LogP contribution in [0.3, 0.4) is 0 Å². The van der Waals surface area contributed by atoms with Crippen molar-refractivity contribution in [1.82, 2.24) is 10.5 Å². The maximum absolute atomic E-state index is 5.86. The van der Waals surface area contributed by atoms with E-state index in [1.165, 1.54) is 0 Å². The largest absolute Gasteiger partial charge is 0.301 e. The molecule has 0 amide bonds. The van der Waals surface area contributed by atoms with Gasteiger partial charge in [-0.3, -0.25) is 5.43 Å². The highest BCUT2D eigenvalue weighted by Gasteiger charge is 2.36. The van der Waals surface area contributed by atoms with Crippen LogP contribution in [0.1, 0.15) is 5.56 Å². The highest BCUT2D eigenvalue weighted by atomic mass is 35.6. The van der Waals surface area contributed by atoms with E-state index in [2.05, 4.69) is 10.5 Å². The summed E-state index contributed by atoms with van der Waals surface area (Å²) in [4.78, 5) is 0. The minimum atomic E-state index is -1.85. The number of hydrazine groups is 1. The van der Waals surface area contributed by atoms with Gasteiger partial charge in [-0.2, -0.15) is 10.2 Å². The molecule has 0 fully saturated rings. The molecule has 1 aliphatic heterocycles. The first kappa shape index (κ1) is 18.1. The van der Waals surface area contributed by atoms with Gasteiger partial charge in [0.25, 0.3) is 0 Å². The van der Waals surface area contributed by atoms with E-state index in [1.54, 1.807) is 12.2 Å². The minimum Gasteiger partial charge on any atom is -0.278 e. The number of hydrazone groups is 1. The van der Waals surface area contributed by atoms with Gasteiger partial charge in [-0.1, -0.05) is 106 Å². The SMILES string of the molecule is ClC(Cl)(Cl)C1=NN(C(Cl)(Cl)Cl)NC(/C=C/c2ccccc2)=C1. The average Bonchev–Trinajstić information content (AvgIpc) is 2.44. The summed E-state index contributed by atoms with van der Waals surface area (Å²) in [7, 11) is 0. The molecule has 1 aromatic carbocycles. The van der Waals surface area contributed by atoms with Crippen molar-refractivity contribution in [2.24, 2.45) is 5.10 Å². The average molecular weight is 420 g/mol. The van der Waals surface area contributed by atoms with Gasteiger partial charge >= 0.3 is 3.92 Å². The lowest BCUT2D eigenvalue weighted by Gasteiger charge is -2.32. The molecule has 118 valence electrons. The van der Waals surface area contributed by atoms with Crippen LogP contribution in [0.5, 0.6) is 0 Å². The monoisotopic (exact) mass is 417 g/mol. The van der Waals surface area contributed by atoms with Crippen LogP contribution in [0.2, 0.25) is 0 Å². The van der Waals surface area contributed by atoms with Gasteiger partial charge in [0, 0.05) is 0 Å². The lowest BCUT2D eigenvalue weighted by molar-refractivity contribution is 0.221. The van der Waals surface area contributed by atoms with Gasteiger partial charge in [-0.05, 0) is 17.7 Å². The summed E-state index contributed by atoms with van der Waals surface area (Å²) in [6.45, 7) is 0. The van der Waals surface area contributed by atoms with Gasteiger partial charge in [0.15, 0.2) is 0 Å². The summed E-state index contributed by atoms with van der Waals surface area (Å²) >= 11 is 35.0. The van der Waals surface area contributed by atoms with E-state index in [-0.39, 0.29) is 5.71 Å². The molecule has 0 saturated carbocycles. The standard InChI is InChI=1S/C13H9Cl6N3/c14-12(15,16)11-8-10(20-22(21-11)13(17,18)19)7-6-9-4-2-1-3-5-9/h1-8,20H/b7-6+. The zero-order valence-electron chi connectivity index (χ0n) is 10.8. The van der Waals surface area contributed by atoms with E-state index >= 15 is 0 Å². The Balaban J connectivity index is 2.29. The van der Waals surface area contributed by atoms with Crippen molar-refractivity contribution in [3.63, 3.8) is 0 Å². The second kappa shape index (κ2) is 7.08. The summed E-state index contributed by atoms with van der Waals surface area (Å²) in [6.07, 6.45) is 5.17. The summed E-state index contributed by atoms with van der Waals surface area (Å²) in [6, 6.07) is 9.65. The third-order valence-corrected chi connectivity index (χ3v) is 3.58. The molecule has 0 aliphatic carbocycles. The summed E-state index contributed by atoms with van der Waals surface area (Å²) in [5, 5.41) is 4.95. The van der Waals surface area contributed by atoms with Crippen molar-refractivity contribution in [2.45, 2.75) is 7.71 Å².